The molecule has 0 saturated heterocycles. The van der Waals surface area contributed by atoms with Crippen LogP contribution in [0.2, 0.25) is 0 Å². The summed E-state index contributed by atoms with van der Waals surface area (Å²) in [5, 5.41) is 18.7. The van der Waals surface area contributed by atoms with E-state index in [1.807, 2.05) is 0 Å². The number of hydrogen-bond acceptors (Lipinski definition) is 3. The Balaban J connectivity index is 2.80. The van der Waals surface area contributed by atoms with Crippen LogP contribution in [0.4, 0.5) is 10.5 Å². The fraction of sp³-hybridized carbons (Fsp3) is 0.615. The molecule has 1 aromatic rings. The summed E-state index contributed by atoms with van der Waals surface area (Å²) in [5.41, 5.74) is -0.736. The fourth-order valence-corrected chi connectivity index (χ4v) is 1.58. The lowest BCUT2D eigenvalue weighted by atomic mass is 9.74. The number of nitrogens with zero attached hydrogens (tertiary/aromatic N) is 2. The molecular weight excluding hydrogens is 260 g/mol. The molecule has 7 heteroatoms. The van der Waals surface area contributed by atoms with Gasteiger partial charge in [-0.2, -0.15) is 5.10 Å². The summed E-state index contributed by atoms with van der Waals surface area (Å²) in [5.74, 6) is -0.972. The molecular formula is C13H22N4O3. The quantitative estimate of drug-likeness (QED) is 0.783. The minimum absolute atomic E-state index is 0.458. The van der Waals surface area contributed by atoms with Crippen LogP contribution in [0, 0.1) is 12.3 Å². The number of carboxylic acid groups (broad SMARTS) is 1. The van der Waals surface area contributed by atoms with Crippen molar-refractivity contribution >= 4 is 17.7 Å². The van der Waals surface area contributed by atoms with E-state index in [2.05, 4.69) is 15.7 Å². The second-order valence-electron chi connectivity index (χ2n) is 5.94. The van der Waals surface area contributed by atoms with Crippen LogP contribution in [0.15, 0.2) is 6.20 Å². The summed E-state index contributed by atoms with van der Waals surface area (Å²) in [6.45, 7) is 8.28. The Hall–Kier alpha value is -2.05. The van der Waals surface area contributed by atoms with Crippen molar-refractivity contribution in [3.8, 4) is 0 Å². The van der Waals surface area contributed by atoms with Crippen molar-refractivity contribution < 1.29 is 14.7 Å². The zero-order valence-electron chi connectivity index (χ0n) is 12.7. The first-order chi connectivity index (χ1) is 8.97. The van der Waals surface area contributed by atoms with Gasteiger partial charge in [0.1, 0.15) is 0 Å². The number of nitrogens with one attached hydrogen (secondary N) is 2. The molecule has 1 aromatic heterocycles. The Kier molecular flexibility index (Phi) is 4.12. The summed E-state index contributed by atoms with van der Waals surface area (Å²) < 4.78 is 1.59. The topological polar surface area (TPSA) is 96.3 Å². The molecule has 0 atom stereocenters. The predicted molar refractivity (Wildman–Crippen MR) is 75.6 cm³/mol. The summed E-state index contributed by atoms with van der Waals surface area (Å²) in [6, 6.07) is -0.458. The van der Waals surface area contributed by atoms with Gasteiger partial charge in [-0.3, -0.25) is 9.48 Å². The van der Waals surface area contributed by atoms with Gasteiger partial charge in [-0.1, -0.05) is 0 Å². The molecule has 0 radical (unpaired) electrons. The smallest absolute Gasteiger partial charge is 0.319 e. The van der Waals surface area contributed by atoms with E-state index >= 15 is 0 Å². The highest BCUT2D eigenvalue weighted by Crippen LogP contribution is 2.30. The van der Waals surface area contributed by atoms with Gasteiger partial charge in [0, 0.05) is 13.2 Å². The van der Waals surface area contributed by atoms with Crippen molar-refractivity contribution in [3.63, 3.8) is 0 Å². The van der Waals surface area contributed by atoms with Crippen LogP contribution >= 0.6 is 0 Å². The van der Waals surface area contributed by atoms with E-state index in [0.717, 1.165) is 0 Å². The molecule has 0 unspecified atom stereocenters. The van der Waals surface area contributed by atoms with Crippen molar-refractivity contribution in [2.45, 2.75) is 40.2 Å². The highest BCUT2D eigenvalue weighted by atomic mass is 16.4. The first-order valence-corrected chi connectivity index (χ1v) is 6.30. The van der Waals surface area contributed by atoms with Gasteiger partial charge in [-0.25, -0.2) is 4.79 Å². The van der Waals surface area contributed by atoms with Crippen molar-refractivity contribution in [2.24, 2.45) is 12.5 Å². The van der Waals surface area contributed by atoms with E-state index in [0.29, 0.717) is 11.4 Å². The molecule has 0 aliphatic rings. The molecule has 3 N–H and O–H groups in total. The number of anilines is 1. The van der Waals surface area contributed by atoms with Crippen molar-refractivity contribution in [3.05, 3.63) is 11.9 Å². The maximum atomic E-state index is 12.0. The van der Waals surface area contributed by atoms with Crippen molar-refractivity contribution in [1.29, 1.82) is 0 Å². The van der Waals surface area contributed by atoms with E-state index in [-0.39, 0.29) is 0 Å². The number of aromatic nitrogens is 2. The zero-order chi connectivity index (χ0) is 15.7. The molecule has 2 amide bonds. The molecule has 7 nitrogen and oxygen atoms in total. The molecule has 0 aromatic carbocycles. The summed E-state index contributed by atoms with van der Waals surface area (Å²) in [6.07, 6.45) is 1.68. The molecule has 1 rings (SSSR count). The molecule has 0 saturated carbocycles. The van der Waals surface area contributed by atoms with Crippen LogP contribution in [0.3, 0.4) is 0 Å². The molecule has 1 heterocycles. The number of aliphatic carboxylic acids is 1. The average Bonchev–Trinajstić information content (AvgIpc) is 2.55. The Morgan fingerprint density at radius 2 is 1.85 bits per heavy atom. The molecule has 112 valence electrons. The van der Waals surface area contributed by atoms with Gasteiger partial charge < -0.3 is 15.7 Å². The first-order valence-electron chi connectivity index (χ1n) is 6.30. The average molecular weight is 282 g/mol. The molecule has 20 heavy (non-hydrogen) atoms. The minimum Gasteiger partial charge on any atom is -0.481 e. The van der Waals surface area contributed by atoms with Gasteiger partial charge in [0.25, 0.3) is 0 Å². The monoisotopic (exact) mass is 282 g/mol. The molecule has 0 spiro atoms. The Morgan fingerprint density at radius 3 is 2.25 bits per heavy atom. The van der Waals surface area contributed by atoms with Gasteiger partial charge in [0.05, 0.1) is 22.3 Å². The molecule has 0 aliphatic heterocycles. The normalized spacial score (nSPS) is 12.1. The summed E-state index contributed by atoms with van der Waals surface area (Å²) >= 11 is 0. The Labute approximate surface area is 118 Å². The number of hydrogen-bond donors (Lipinski definition) is 3. The van der Waals surface area contributed by atoms with Gasteiger partial charge in [-0.15, -0.1) is 0 Å². The number of carbonyl (C=O) groups is 2. The lowest BCUT2D eigenvalue weighted by Gasteiger charge is -2.38. The summed E-state index contributed by atoms with van der Waals surface area (Å²) in [7, 11) is 1.76. The second-order valence-corrected chi connectivity index (χ2v) is 5.94. The second kappa shape index (κ2) is 5.15. The third-order valence-electron chi connectivity index (χ3n) is 3.78. The van der Waals surface area contributed by atoms with Gasteiger partial charge in [-0.05, 0) is 34.6 Å². The minimum atomic E-state index is -1.10. The highest BCUT2D eigenvalue weighted by molar-refractivity contribution is 5.91. The van der Waals surface area contributed by atoms with E-state index in [1.54, 1.807) is 52.5 Å². The number of carboxylic acids is 1. The largest absolute Gasteiger partial charge is 0.481 e. The number of urea groups is 1. The zero-order valence-corrected chi connectivity index (χ0v) is 12.7. The maximum absolute atomic E-state index is 12.0. The predicted octanol–water partition coefficient (Wildman–Crippen LogP) is 1.74. The highest BCUT2D eigenvalue weighted by Gasteiger charge is 2.44. The van der Waals surface area contributed by atoms with Crippen LogP contribution in [0.5, 0.6) is 0 Å². The number of amides is 2. The lowest BCUT2D eigenvalue weighted by molar-refractivity contribution is -0.150. The fourth-order valence-electron chi connectivity index (χ4n) is 1.58. The number of aryl methyl sites for hydroxylation is 2. The van der Waals surface area contributed by atoms with E-state index in [9.17, 15) is 14.7 Å². The van der Waals surface area contributed by atoms with Crippen LogP contribution in [-0.4, -0.2) is 32.4 Å². The van der Waals surface area contributed by atoms with Gasteiger partial charge in [0.2, 0.25) is 0 Å². The van der Waals surface area contributed by atoms with Crippen LogP contribution in [0.25, 0.3) is 0 Å². The number of rotatable bonds is 4. The third-order valence-corrected chi connectivity index (χ3v) is 3.78. The van der Waals surface area contributed by atoms with E-state index in [4.69, 9.17) is 0 Å². The van der Waals surface area contributed by atoms with Crippen LogP contribution < -0.4 is 10.6 Å². The van der Waals surface area contributed by atoms with Crippen molar-refractivity contribution in [1.82, 2.24) is 15.1 Å². The summed E-state index contributed by atoms with van der Waals surface area (Å²) in [4.78, 5) is 23.3. The van der Waals surface area contributed by atoms with Crippen molar-refractivity contribution in [2.75, 3.05) is 5.32 Å². The SMILES string of the molecule is Cc1nn(C)cc1NC(=O)NC(C)(C)C(C)(C)C(=O)O. The van der Waals surface area contributed by atoms with Crippen LogP contribution in [0.1, 0.15) is 33.4 Å². The van der Waals surface area contributed by atoms with Crippen LogP contribution in [-0.2, 0) is 11.8 Å². The molecule has 0 fully saturated rings. The molecule has 0 aliphatic carbocycles. The number of carbonyl (C=O) groups excluding carboxylic acids is 1. The lowest BCUT2D eigenvalue weighted by Crippen LogP contribution is -2.57. The van der Waals surface area contributed by atoms with E-state index < -0.39 is 23.0 Å². The standard InChI is InChI=1S/C13H22N4O3/c1-8-9(7-17(6)16-8)14-11(20)15-13(4,5)12(2,3)10(18)19/h7H,1-6H3,(H,18,19)(H2,14,15,20). The third kappa shape index (κ3) is 3.09. The Morgan fingerprint density at radius 1 is 1.30 bits per heavy atom. The van der Waals surface area contributed by atoms with E-state index in [1.165, 1.54) is 0 Å². The maximum Gasteiger partial charge on any atom is 0.319 e. The Bertz CT molecular complexity index is 532. The van der Waals surface area contributed by atoms with Gasteiger partial charge >= 0.3 is 12.0 Å². The molecule has 0 bridgehead atoms. The first kappa shape index (κ1) is 16.0. The van der Waals surface area contributed by atoms with Gasteiger partial charge in [0.15, 0.2) is 0 Å².